The zero-order valence-electron chi connectivity index (χ0n) is 11.7. The summed E-state index contributed by atoms with van der Waals surface area (Å²) in [5.41, 5.74) is 3.89. The first-order valence-electron chi connectivity index (χ1n) is 6.30. The van der Waals surface area contributed by atoms with Crippen molar-refractivity contribution in [2.75, 3.05) is 0 Å². The lowest BCUT2D eigenvalue weighted by Crippen LogP contribution is -2.10. The lowest BCUT2D eigenvalue weighted by molar-refractivity contribution is 0.590. The Morgan fingerprint density at radius 2 is 1.82 bits per heavy atom. The van der Waals surface area contributed by atoms with Crippen molar-refractivity contribution >= 4 is 11.0 Å². The quantitative estimate of drug-likeness (QED) is 0.717. The second-order valence-corrected chi connectivity index (χ2v) is 6.08. The van der Waals surface area contributed by atoms with Crippen molar-refractivity contribution in [3.05, 3.63) is 29.6 Å². The van der Waals surface area contributed by atoms with Crippen LogP contribution in [0.2, 0.25) is 0 Å². The highest BCUT2D eigenvalue weighted by atomic mass is 15.1. The largest absolute Gasteiger partial charge is 0.326 e. The number of imidazole rings is 1. The Balaban J connectivity index is 2.66. The maximum Gasteiger partial charge on any atom is 0.106 e. The van der Waals surface area contributed by atoms with E-state index in [0.717, 1.165) is 11.3 Å². The minimum Gasteiger partial charge on any atom is -0.326 e. The number of rotatable bonds is 1. The number of hydrogen-bond donors (Lipinski definition) is 0. The molecule has 2 rings (SSSR count). The molecule has 0 unspecified atom stereocenters. The minimum absolute atomic E-state index is 0.184. The third-order valence-corrected chi connectivity index (χ3v) is 3.25. The van der Waals surface area contributed by atoms with Gasteiger partial charge in [-0.15, -0.1) is 0 Å². The molecule has 0 radical (unpaired) electrons. The second-order valence-electron chi connectivity index (χ2n) is 6.08. The summed E-state index contributed by atoms with van der Waals surface area (Å²) in [5, 5.41) is 0. The Labute approximate surface area is 104 Å². The van der Waals surface area contributed by atoms with Crippen molar-refractivity contribution in [2.24, 2.45) is 0 Å². The third kappa shape index (κ3) is 2.08. The summed E-state index contributed by atoms with van der Waals surface area (Å²) in [6, 6.07) is 7.11. The fourth-order valence-corrected chi connectivity index (χ4v) is 2.34. The van der Waals surface area contributed by atoms with Crippen LogP contribution >= 0.6 is 0 Å². The molecule has 0 aliphatic carbocycles. The topological polar surface area (TPSA) is 17.8 Å². The van der Waals surface area contributed by atoms with E-state index in [4.69, 9.17) is 0 Å². The maximum atomic E-state index is 4.67. The van der Waals surface area contributed by atoms with E-state index in [-0.39, 0.29) is 5.41 Å². The van der Waals surface area contributed by atoms with E-state index in [2.05, 4.69) is 69.3 Å². The molecular weight excluding hydrogens is 208 g/mol. The average Bonchev–Trinajstić information content (AvgIpc) is 2.50. The Morgan fingerprint density at radius 3 is 2.35 bits per heavy atom. The normalized spacial score (nSPS) is 12.6. The second kappa shape index (κ2) is 3.86. The molecule has 0 atom stereocenters. The Kier molecular flexibility index (Phi) is 2.76. The van der Waals surface area contributed by atoms with Crippen LogP contribution < -0.4 is 0 Å². The molecule has 0 fully saturated rings. The molecule has 0 saturated heterocycles. The Morgan fingerprint density at radius 1 is 1.18 bits per heavy atom. The van der Waals surface area contributed by atoms with Crippen LogP contribution in [0, 0.1) is 6.92 Å². The lowest BCUT2D eigenvalue weighted by atomic mass is 9.87. The highest BCUT2D eigenvalue weighted by Gasteiger charge is 2.16. The first-order valence-corrected chi connectivity index (χ1v) is 6.30. The third-order valence-electron chi connectivity index (χ3n) is 3.25. The first kappa shape index (κ1) is 12.2. The van der Waals surface area contributed by atoms with Gasteiger partial charge < -0.3 is 4.57 Å². The molecule has 1 heterocycles. The van der Waals surface area contributed by atoms with Gasteiger partial charge in [-0.2, -0.15) is 0 Å². The number of aryl methyl sites for hydroxylation is 1. The van der Waals surface area contributed by atoms with Crippen LogP contribution in [0.25, 0.3) is 11.0 Å². The smallest absolute Gasteiger partial charge is 0.106 e. The fourth-order valence-electron chi connectivity index (χ4n) is 2.34. The van der Waals surface area contributed by atoms with Crippen LogP contribution in [0.15, 0.2) is 18.2 Å². The molecule has 0 bridgehead atoms. The summed E-state index contributed by atoms with van der Waals surface area (Å²) < 4.78 is 2.29. The van der Waals surface area contributed by atoms with Crippen molar-refractivity contribution in [1.82, 2.24) is 9.55 Å². The van der Waals surface area contributed by atoms with Gasteiger partial charge in [0, 0.05) is 6.04 Å². The number of benzene rings is 1. The van der Waals surface area contributed by atoms with Crippen LogP contribution in [-0.2, 0) is 5.41 Å². The number of fused-ring (bicyclic) bond motifs is 1. The van der Waals surface area contributed by atoms with E-state index < -0.39 is 0 Å². The zero-order chi connectivity index (χ0) is 12.8. The van der Waals surface area contributed by atoms with Crippen molar-refractivity contribution in [3.63, 3.8) is 0 Å². The molecule has 0 spiro atoms. The summed E-state index contributed by atoms with van der Waals surface area (Å²) in [4.78, 5) is 4.67. The van der Waals surface area contributed by atoms with Crippen molar-refractivity contribution in [3.8, 4) is 0 Å². The summed E-state index contributed by atoms with van der Waals surface area (Å²) in [6.45, 7) is 13.2. The van der Waals surface area contributed by atoms with Crippen LogP contribution in [0.4, 0.5) is 0 Å². The predicted octanol–water partition coefficient (Wildman–Crippen LogP) is 4.22. The van der Waals surface area contributed by atoms with Crippen molar-refractivity contribution in [1.29, 1.82) is 0 Å². The van der Waals surface area contributed by atoms with Gasteiger partial charge in [-0.1, -0.05) is 26.8 Å². The van der Waals surface area contributed by atoms with Crippen molar-refractivity contribution < 1.29 is 0 Å². The monoisotopic (exact) mass is 230 g/mol. The first-order chi connectivity index (χ1) is 7.80. The van der Waals surface area contributed by atoms with E-state index in [1.165, 1.54) is 11.1 Å². The number of aromatic nitrogens is 2. The number of hydrogen-bond acceptors (Lipinski definition) is 1. The molecule has 0 saturated carbocycles. The van der Waals surface area contributed by atoms with E-state index in [1.807, 2.05) is 0 Å². The maximum absolute atomic E-state index is 4.67. The van der Waals surface area contributed by atoms with Gasteiger partial charge in [0.15, 0.2) is 0 Å². The predicted molar refractivity (Wildman–Crippen MR) is 73.6 cm³/mol. The SMILES string of the molecule is Cc1nc2cc(C(C)(C)C)ccc2n1C(C)C. The van der Waals surface area contributed by atoms with E-state index in [9.17, 15) is 0 Å². The van der Waals surface area contributed by atoms with Gasteiger partial charge in [0.05, 0.1) is 11.0 Å². The molecule has 2 nitrogen and oxygen atoms in total. The molecular formula is C15H22N2. The van der Waals surface area contributed by atoms with Crippen molar-refractivity contribution in [2.45, 2.75) is 53.0 Å². The molecule has 17 heavy (non-hydrogen) atoms. The molecule has 1 aromatic heterocycles. The molecule has 2 aromatic rings. The molecule has 1 aromatic carbocycles. The molecule has 2 heteroatoms. The summed E-state index contributed by atoms with van der Waals surface area (Å²) in [7, 11) is 0. The van der Waals surface area contributed by atoms with Crippen LogP contribution in [-0.4, -0.2) is 9.55 Å². The van der Waals surface area contributed by atoms with Gasteiger partial charge in [-0.3, -0.25) is 0 Å². The summed E-state index contributed by atoms with van der Waals surface area (Å²) in [5.74, 6) is 1.10. The highest BCUT2D eigenvalue weighted by molar-refractivity contribution is 5.77. The van der Waals surface area contributed by atoms with Crippen LogP contribution in [0.5, 0.6) is 0 Å². The standard InChI is InChI=1S/C15H22N2/c1-10(2)17-11(3)16-13-9-12(15(4,5)6)7-8-14(13)17/h7-10H,1-6H3. The molecule has 0 N–H and O–H groups in total. The van der Waals surface area contributed by atoms with Gasteiger partial charge >= 0.3 is 0 Å². The number of nitrogens with zero attached hydrogens (tertiary/aromatic N) is 2. The van der Waals surface area contributed by atoms with E-state index in [0.29, 0.717) is 6.04 Å². The molecule has 0 aliphatic heterocycles. The minimum atomic E-state index is 0.184. The average molecular weight is 230 g/mol. The van der Waals surface area contributed by atoms with E-state index >= 15 is 0 Å². The van der Waals surface area contributed by atoms with Gasteiger partial charge in [0.2, 0.25) is 0 Å². The molecule has 0 amide bonds. The van der Waals surface area contributed by atoms with Gasteiger partial charge in [-0.05, 0) is 43.9 Å². The van der Waals surface area contributed by atoms with Crippen LogP contribution in [0.1, 0.15) is 52.0 Å². The molecule has 92 valence electrons. The Hall–Kier alpha value is -1.31. The summed E-state index contributed by atoms with van der Waals surface area (Å²) >= 11 is 0. The van der Waals surface area contributed by atoms with Crippen LogP contribution in [0.3, 0.4) is 0 Å². The van der Waals surface area contributed by atoms with E-state index in [1.54, 1.807) is 0 Å². The molecule has 0 aliphatic rings. The highest BCUT2D eigenvalue weighted by Crippen LogP contribution is 2.27. The summed E-state index contributed by atoms with van der Waals surface area (Å²) in [6.07, 6.45) is 0. The van der Waals surface area contributed by atoms with Gasteiger partial charge in [0.1, 0.15) is 5.82 Å². The lowest BCUT2D eigenvalue weighted by Gasteiger charge is -2.19. The van der Waals surface area contributed by atoms with Gasteiger partial charge in [-0.25, -0.2) is 4.98 Å². The Bertz CT molecular complexity index is 542. The fraction of sp³-hybridized carbons (Fsp3) is 0.533. The van der Waals surface area contributed by atoms with Gasteiger partial charge in [0.25, 0.3) is 0 Å². The zero-order valence-corrected chi connectivity index (χ0v) is 11.7.